The summed E-state index contributed by atoms with van der Waals surface area (Å²) in [5, 5.41) is 12.7. The Morgan fingerprint density at radius 3 is 2.42 bits per heavy atom. The highest BCUT2D eigenvalue weighted by Crippen LogP contribution is 2.28. The van der Waals surface area contributed by atoms with Crippen LogP contribution in [0.25, 0.3) is 0 Å². The molecule has 2 rings (SSSR count). The molecule has 1 saturated heterocycles. The summed E-state index contributed by atoms with van der Waals surface area (Å²) >= 11 is 0. The van der Waals surface area contributed by atoms with Crippen molar-refractivity contribution in [1.82, 2.24) is 10.2 Å². The first-order valence-corrected chi connectivity index (χ1v) is 7.90. The third-order valence-corrected chi connectivity index (χ3v) is 4.69. The molecule has 1 amide bonds. The van der Waals surface area contributed by atoms with Gasteiger partial charge in [0.1, 0.15) is 0 Å². The quantitative estimate of drug-likeness (QED) is 0.792. The first-order chi connectivity index (χ1) is 9.31. The van der Waals surface area contributed by atoms with E-state index in [0.29, 0.717) is 25.0 Å². The van der Waals surface area contributed by atoms with E-state index < -0.39 is 0 Å². The Labute approximate surface area is 116 Å². The van der Waals surface area contributed by atoms with Gasteiger partial charge in [-0.2, -0.15) is 0 Å². The van der Waals surface area contributed by atoms with E-state index >= 15 is 0 Å². The third-order valence-electron chi connectivity index (χ3n) is 4.69. The van der Waals surface area contributed by atoms with E-state index in [1.165, 1.54) is 25.7 Å². The summed E-state index contributed by atoms with van der Waals surface area (Å²) < 4.78 is 0. The predicted molar refractivity (Wildman–Crippen MR) is 75.8 cm³/mol. The highest BCUT2D eigenvalue weighted by atomic mass is 16.3. The van der Waals surface area contributed by atoms with Gasteiger partial charge in [-0.1, -0.05) is 12.8 Å². The van der Waals surface area contributed by atoms with Crippen molar-refractivity contribution in [2.24, 2.45) is 11.8 Å². The van der Waals surface area contributed by atoms with Gasteiger partial charge < -0.3 is 15.3 Å². The van der Waals surface area contributed by atoms with Gasteiger partial charge in [-0.25, -0.2) is 0 Å². The van der Waals surface area contributed by atoms with Gasteiger partial charge in [-0.05, 0) is 50.5 Å². The van der Waals surface area contributed by atoms with Crippen LogP contribution in [0.15, 0.2) is 0 Å². The Balaban J connectivity index is 1.65. The molecule has 1 saturated carbocycles. The van der Waals surface area contributed by atoms with Crippen LogP contribution in [-0.2, 0) is 4.79 Å². The first-order valence-electron chi connectivity index (χ1n) is 7.90. The van der Waals surface area contributed by atoms with Crippen LogP contribution < -0.4 is 5.32 Å². The topological polar surface area (TPSA) is 52.6 Å². The van der Waals surface area contributed by atoms with Crippen molar-refractivity contribution < 1.29 is 9.90 Å². The van der Waals surface area contributed by atoms with Gasteiger partial charge >= 0.3 is 0 Å². The van der Waals surface area contributed by atoms with Gasteiger partial charge in [-0.3, -0.25) is 4.79 Å². The summed E-state index contributed by atoms with van der Waals surface area (Å²) in [4.78, 5) is 14.0. The monoisotopic (exact) mass is 268 g/mol. The number of nitrogens with zero attached hydrogens (tertiary/aromatic N) is 1. The molecular weight excluding hydrogens is 240 g/mol. The van der Waals surface area contributed by atoms with Gasteiger partial charge in [0.15, 0.2) is 0 Å². The third kappa shape index (κ3) is 4.46. The molecule has 2 fully saturated rings. The van der Waals surface area contributed by atoms with Gasteiger partial charge in [0.25, 0.3) is 0 Å². The van der Waals surface area contributed by atoms with E-state index in [0.717, 1.165) is 38.9 Å². The Hall–Kier alpha value is -0.610. The largest absolute Gasteiger partial charge is 0.396 e. The molecule has 4 nitrogen and oxygen atoms in total. The molecular formula is C15H28N2O2. The normalized spacial score (nSPS) is 28.4. The summed E-state index contributed by atoms with van der Waals surface area (Å²) in [5.41, 5.74) is 0. The van der Waals surface area contributed by atoms with Crippen molar-refractivity contribution in [2.45, 2.75) is 44.9 Å². The van der Waals surface area contributed by atoms with Crippen molar-refractivity contribution in [3.05, 3.63) is 0 Å². The summed E-state index contributed by atoms with van der Waals surface area (Å²) in [5.74, 6) is 1.23. The van der Waals surface area contributed by atoms with Crippen LogP contribution in [0.1, 0.15) is 44.9 Å². The van der Waals surface area contributed by atoms with Gasteiger partial charge in [0.2, 0.25) is 5.91 Å². The number of likely N-dealkylation sites (tertiary alicyclic amines) is 1. The second-order valence-corrected chi connectivity index (χ2v) is 6.06. The van der Waals surface area contributed by atoms with Crippen LogP contribution in [0, 0.1) is 11.8 Å². The number of nitrogens with one attached hydrogen (secondary N) is 1. The van der Waals surface area contributed by atoms with Crippen LogP contribution in [-0.4, -0.2) is 48.7 Å². The Bertz CT molecular complexity index is 277. The molecule has 0 aromatic carbocycles. The highest BCUT2D eigenvalue weighted by Gasteiger charge is 2.24. The number of rotatable bonds is 5. The standard InChI is InChI=1S/C15H28N2O2/c18-12-14-7-3-2-6-13(14)10-16-11-15(19)17-8-4-1-5-9-17/h13-14,16,18H,1-12H2. The first kappa shape index (κ1) is 14.8. The molecule has 19 heavy (non-hydrogen) atoms. The zero-order chi connectivity index (χ0) is 13.5. The molecule has 2 aliphatic rings. The van der Waals surface area contributed by atoms with Crippen molar-refractivity contribution >= 4 is 5.91 Å². The van der Waals surface area contributed by atoms with Crippen LogP contribution in [0.2, 0.25) is 0 Å². The zero-order valence-electron chi connectivity index (χ0n) is 11.9. The maximum atomic E-state index is 12.0. The van der Waals surface area contributed by atoms with Crippen LogP contribution in [0.4, 0.5) is 0 Å². The average molecular weight is 268 g/mol. The number of aliphatic hydroxyl groups excluding tert-OH is 1. The number of hydrogen-bond acceptors (Lipinski definition) is 3. The number of amides is 1. The lowest BCUT2D eigenvalue weighted by atomic mass is 9.79. The number of carbonyl (C=O) groups excluding carboxylic acids is 1. The van der Waals surface area contributed by atoms with E-state index in [4.69, 9.17) is 0 Å². The summed E-state index contributed by atoms with van der Waals surface area (Å²) in [7, 11) is 0. The minimum absolute atomic E-state index is 0.246. The van der Waals surface area contributed by atoms with E-state index in [2.05, 4.69) is 5.32 Å². The molecule has 4 heteroatoms. The van der Waals surface area contributed by atoms with Crippen molar-refractivity contribution in [2.75, 3.05) is 32.8 Å². The smallest absolute Gasteiger partial charge is 0.236 e. The molecule has 0 bridgehead atoms. The fourth-order valence-corrected chi connectivity index (χ4v) is 3.41. The Morgan fingerprint density at radius 1 is 1.05 bits per heavy atom. The lowest BCUT2D eigenvalue weighted by Gasteiger charge is -2.31. The maximum absolute atomic E-state index is 12.0. The lowest BCUT2D eigenvalue weighted by Crippen LogP contribution is -2.43. The Morgan fingerprint density at radius 2 is 1.74 bits per heavy atom. The molecule has 0 aromatic heterocycles. The van der Waals surface area contributed by atoms with Crippen molar-refractivity contribution in [3.8, 4) is 0 Å². The molecule has 1 aliphatic carbocycles. The Kier molecular flexibility index (Phi) is 6.11. The number of carbonyl (C=O) groups is 1. The van der Waals surface area contributed by atoms with Crippen LogP contribution in [0.3, 0.4) is 0 Å². The average Bonchev–Trinajstić information content (AvgIpc) is 2.48. The fourth-order valence-electron chi connectivity index (χ4n) is 3.41. The number of hydrogen-bond donors (Lipinski definition) is 2. The minimum atomic E-state index is 0.246. The van der Waals surface area contributed by atoms with E-state index in [1.807, 2.05) is 4.90 Å². The van der Waals surface area contributed by atoms with Gasteiger partial charge in [0, 0.05) is 19.7 Å². The molecule has 1 heterocycles. The molecule has 2 atom stereocenters. The van der Waals surface area contributed by atoms with Crippen LogP contribution >= 0.6 is 0 Å². The second kappa shape index (κ2) is 7.85. The highest BCUT2D eigenvalue weighted by molar-refractivity contribution is 5.78. The zero-order valence-corrected chi connectivity index (χ0v) is 11.9. The number of piperidine rings is 1. The SMILES string of the molecule is O=C(CNCC1CCCCC1CO)N1CCCCC1. The summed E-state index contributed by atoms with van der Waals surface area (Å²) in [6, 6.07) is 0. The van der Waals surface area contributed by atoms with Crippen LogP contribution in [0.5, 0.6) is 0 Å². The van der Waals surface area contributed by atoms with Crippen molar-refractivity contribution in [3.63, 3.8) is 0 Å². The molecule has 0 spiro atoms. The van der Waals surface area contributed by atoms with E-state index in [1.54, 1.807) is 0 Å². The van der Waals surface area contributed by atoms with Gasteiger partial charge in [-0.15, -0.1) is 0 Å². The lowest BCUT2D eigenvalue weighted by molar-refractivity contribution is -0.131. The molecule has 0 radical (unpaired) electrons. The minimum Gasteiger partial charge on any atom is -0.396 e. The predicted octanol–water partition coefficient (Wildman–Crippen LogP) is 1.39. The van der Waals surface area contributed by atoms with Crippen molar-refractivity contribution in [1.29, 1.82) is 0 Å². The van der Waals surface area contributed by atoms with E-state index in [9.17, 15) is 9.90 Å². The maximum Gasteiger partial charge on any atom is 0.236 e. The fraction of sp³-hybridized carbons (Fsp3) is 0.933. The van der Waals surface area contributed by atoms with Gasteiger partial charge in [0.05, 0.1) is 6.54 Å². The molecule has 1 aliphatic heterocycles. The number of aliphatic hydroxyl groups is 1. The summed E-state index contributed by atoms with van der Waals surface area (Å²) in [6.07, 6.45) is 8.41. The molecule has 0 aromatic rings. The molecule has 110 valence electrons. The summed E-state index contributed by atoms with van der Waals surface area (Å²) in [6.45, 7) is 3.51. The second-order valence-electron chi connectivity index (χ2n) is 6.06. The molecule has 2 unspecified atom stereocenters. The van der Waals surface area contributed by atoms with E-state index in [-0.39, 0.29) is 5.91 Å². The molecule has 2 N–H and O–H groups in total.